The highest BCUT2D eigenvalue weighted by atomic mass is 79.9. The lowest BCUT2D eigenvalue weighted by atomic mass is 9.84. The summed E-state index contributed by atoms with van der Waals surface area (Å²) in [7, 11) is 1.99. The van der Waals surface area contributed by atoms with Crippen molar-refractivity contribution in [2.75, 3.05) is 26.7 Å². The molecular formula is C14H23BrN2. The van der Waals surface area contributed by atoms with Gasteiger partial charge in [-0.15, -0.1) is 0 Å². The third kappa shape index (κ3) is 5.19. The largest absolute Gasteiger partial charge is 0.320 e. The van der Waals surface area contributed by atoms with E-state index >= 15 is 0 Å². The third-order valence-corrected chi connectivity index (χ3v) is 3.45. The van der Waals surface area contributed by atoms with Gasteiger partial charge in [-0.05, 0) is 44.3 Å². The van der Waals surface area contributed by atoms with Gasteiger partial charge in [0.2, 0.25) is 0 Å². The van der Waals surface area contributed by atoms with Crippen molar-refractivity contribution in [3.05, 3.63) is 34.3 Å². The second-order valence-corrected chi connectivity index (χ2v) is 5.94. The molecule has 3 heteroatoms. The molecule has 0 spiro atoms. The monoisotopic (exact) mass is 298 g/mol. The van der Waals surface area contributed by atoms with Gasteiger partial charge in [0.15, 0.2) is 0 Å². The van der Waals surface area contributed by atoms with E-state index in [1.807, 2.05) is 7.05 Å². The van der Waals surface area contributed by atoms with Gasteiger partial charge in [-0.1, -0.05) is 41.9 Å². The van der Waals surface area contributed by atoms with Gasteiger partial charge < -0.3 is 10.6 Å². The van der Waals surface area contributed by atoms with E-state index in [0.29, 0.717) is 0 Å². The van der Waals surface area contributed by atoms with Crippen molar-refractivity contribution in [1.82, 2.24) is 10.6 Å². The number of hydrogen-bond donors (Lipinski definition) is 2. The molecule has 0 aromatic heterocycles. The Labute approximate surface area is 113 Å². The minimum Gasteiger partial charge on any atom is -0.320 e. The van der Waals surface area contributed by atoms with Gasteiger partial charge in [-0.25, -0.2) is 0 Å². The molecular weight excluding hydrogens is 276 g/mol. The van der Waals surface area contributed by atoms with E-state index in [9.17, 15) is 0 Å². The molecule has 2 N–H and O–H groups in total. The van der Waals surface area contributed by atoms with Crippen molar-refractivity contribution < 1.29 is 0 Å². The fourth-order valence-corrected chi connectivity index (χ4v) is 2.20. The quantitative estimate of drug-likeness (QED) is 0.757. The summed E-state index contributed by atoms with van der Waals surface area (Å²) in [6, 6.07) is 8.57. The predicted octanol–water partition coefficient (Wildman–Crippen LogP) is 2.93. The molecule has 1 aromatic carbocycles. The normalized spacial score (nSPS) is 11.8. The van der Waals surface area contributed by atoms with Gasteiger partial charge in [-0.3, -0.25) is 0 Å². The van der Waals surface area contributed by atoms with Crippen LogP contribution in [-0.4, -0.2) is 26.7 Å². The molecule has 17 heavy (non-hydrogen) atoms. The third-order valence-electron chi connectivity index (χ3n) is 2.95. The first-order valence-electron chi connectivity index (χ1n) is 6.17. The predicted molar refractivity (Wildman–Crippen MR) is 78.6 cm³/mol. The second-order valence-electron chi connectivity index (χ2n) is 5.03. The Balaban J connectivity index is 2.45. The van der Waals surface area contributed by atoms with Crippen molar-refractivity contribution in [3.63, 3.8) is 0 Å². The maximum Gasteiger partial charge on any atom is 0.0178 e. The van der Waals surface area contributed by atoms with E-state index in [2.05, 4.69) is 64.7 Å². The number of rotatable bonds is 7. The first-order chi connectivity index (χ1) is 8.06. The highest BCUT2D eigenvalue weighted by molar-refractivity contribution is 9.10. The molecule has 0 aliphatic carbocycles. The topological polar surface area (TPSA) is 24.1 Å². The summed E-state index contributed by atoms with van der Waals surface area (Å²) < 4.78 is 1.15. The van der Waals surface area contributed by atoms with E-state index in [4.69, 9.17) is 0 Å². The molecule has 96 valence electrons. The number of hydrogen-bond acceptors (Lipinski definition) is 2. The van der Waals surface area contributed by atoms with Gasteiger partial charge in [0.05, 0.1) is 0 Å². The lowest BCUT2D eigenvalue weighted by Gasteiger charge is -2.26. The van der Waals surface area contributed by atoms with Crippen LogP contribution in [0.1, 0.15) is 25.8 Å². The summed E-state index contributed by atoms with van der Waals surface area (Å²) >= 11 is 3.53. The molecule has 0 radical (unpaired) electrons. The Bertz CT molecular complexity index is 337. The lowest BCUT2D eigenvalue weighted by Crippen LogP contribution is -2.34. The SMILES string of the molecule is CNCCCNCC(C)(C)c1cccc(Br)c1. The van der Waals surface area contributed by atoms with Crippen LogP contribution < -0.4 is 10.6 Å². The van der Waals surface area contributed by atoms with Crippen LogP contribution in [-0.2, 0) is 5.41 Å². The zero-order chi connectivity index (χ0) is 12.7. The number of nitrogens with one attached hydrogen (secondary N) is 2. The van der Waals surface area contributed by atoms with Crippen LogP contribution in [0.2, 0.25) is 0 Å². The van der Waals surface area contributed by atoms with Crippen molar-refractivity contribution in [2.24, 2.45) is 0 Å². The highest BCUT2D eigenvalue weighted by Crippen LogP contribution is 2.24. The Morgan fingerprint density at radius 3 is 2.65 bits per heavy atom. The van der Waals surface area contributed by atoms with Crippen LogP contribution in [0.3, 0.4) is 0 Å². The average molecular weight is 299 g/mol. The highest BCUT2D eigenvalue weighted by Gasteiger charge is 2.19. The van der Waals surface area contributed by atoms with E-state index in [1.165, 1.54) is 12.0 Å². The minimum atomic E-state index is 0.170. The Morgan fingerprint density at radius 2 is 2.00 bits per heavy atom. The molecule has 0 atom stereocenters. The van der Waals surface area contributed by atoms with Crippen LogP contribution in [0.15, 0.2) is 28.7 Å². The molecule has 0 bridgehead atoms. The van der Waals surface area contributed by atoms with E-state index in [0.717, 1.165) is 24.1 Å². The minimum absolute atomic E-state index is 0.170. The Kier molecular flexibility index (Phi) is 6.17. The molecule has 0 aliphatic heterocycles. The van der Waals surface area contributed by atoms with Crippen molar-refractivity contribution in [2.45, 2.75) is 25.7 Å². The van der Waals surface area contributed by atoms with Gasteiger partial charge in [0.1, 0.15) is 0 Å². The second kappa shape index (κ2) is 7.14. The van der Waals surface area contributed by atoms with Crippen LogP contribution in [0.4, 0.5) is 0 Å². The summed E-state index contributed by atoms with van der Waals surface area (Å²) in [5, 5.41) is 6.68. The fourth-order valence-electron chi connectivity index (χ4n) is 1.80. The van der Waals surface area contributed by atoms with E-state index in [1.54, 1.807) is 0 Å². The van der Waals surface area contributed by atoms with Gasteiger partial charge in [-0.2, -0.15) is 0 Å². The number of halogens is 1. The average Bonchev–Trinajstić information content (AvgIpc) is 2.29. The van der Waals surface area contributed by atoms with E-state index < -0.39 is 0 Å². The summed E-state index contributed by atoms with van der Waals surface area (Å²) in [6.07, 6.45) is 1.17. The maximum absolute atomic E-state index is 3.53. The standard InChI is InChI=1S/C14H23BrN2/c1-14(2,11-17-9-5-8-16-3)12-6-4-7-13(15)10-12/h4,6-7,10,16-17H,5,8-9,11H2,1-3H3. The smallest absolute Gasteiger partial charge is 0.0178 e. The molecule has 0 aliphatic rings. The van der Waals surface area contributed by atoms with Gasteiger partial charge >= 0.3 is 0 Å². The molecule has 1 aromatic rings. The maximum atomic E-state index is 3.53. The molecule has 0 saturated heterocycles. The molecule has 1 rings (SSSR count). The fraction of sp³-hybridized carbons (Fsp3) is 0.571. The zero-order valence-corrected chi connectivity index (χ0v) is 12.6. The van der Waals surface area contributed by atoms with Crippen molar-refractivity contribution in [1.29, 1.82) is 0 Å². The summed E-state index contributed by atoms with van der Waals surface area (Å²) in [5.74, 6) is 0. The van der Waals surface area contributed by atoms with Crippen LogP contribution in [0.5, 0.6) is 0 Å². The summed E-state index contributed by atoms with van der Waals surface area (Å²) in [6.45, 7) is 7.70. The van der Waals surface area contributed by atoms with Gasteiger partial charge in [0, 0.05) is 16.4 Å². The molecule has 0 unspecified atom stereocenters. The summed E-state index contributed by atoms with van der Waals surface area (Å²) in [5.41, 5.74) is 1.54. The first-order valence-corrected chi connectivity index (χ1v) is 6.97. The van der Waals surface area contributed by atoms with Crippen molar-refractivity contribution in [3.8, 4) is 0 Å². The van der Waals surface area contributed by atoms with Crippen LogP contribution in [0.25, 0.3) is 0 Å². The molecule has 0 amide bonds. The Hall–Kier alpha value is -0.380. The molecule has 2 nitrogen and oxygen atoms in total. The zero-order valence-electron chi connectivity index (χ0n) is 11.0. The lowest BCUT2D eigenvalue weighted by molar-refractivity contribution is 0.464. The molecule has 0 saturated carbocycles. The summed E-state index contributed by atoms with van der Waals surface area (Å²) in [4.78, 5) is 0. The van der Waals surface area contributed by atoms with Crippen molar-refractivity contribution >= 4 is 15.9 Å². The molecule has 0 fully saturated rings. The number of benzene rings is 1. The van der Waals surface area contributed by atoms with E-state index in [-0.39, 0.29) is 5.41 Å². The molecule has 0 heterocycles. The van der Waals surface area contributed by atoms with Crippen LogP contribution >= 0.6 is 15.9 Å². The van der Waals surface area contributed by atoms with Gasteiger partial charge in [0.25, 0.3) is 0 Å². The Morgan fingerprint density at radius 1 is 1.24 bits per heavy atom. The van der Waals surface area contributed by atoms with Crippen LogP contribution in [0, 0.1) is 0 Å². The first kappa shape index (κ1) is 14.7.